The lowest BCUT2D eigenvalue weighted by Crippen LogP contribution is -2.48. The molecule has 1 atom stereocenters. The second kappa shape index (κ2) is 6.74. The van der Waals surface area contributed by atoms with Gasteiger partial charge in [0.1, 0.15) is 6.04 Å². The number of para-hydroxylation sites is 1. The van der Waals surface area contributed by atoms with E-state index in [0.717, 1.165) is 10.2 Å². The predicted molar refractivity (Wildman–Crippen MR) is 86.9 cm³/mol. The van der Waals surface area contributed by atoms with E-state index in [1.165, 1.54) is 18.3 Å². The zero-order valence-corrected chi connectivity index (χ0v) is 13.9. The van der Waals surface area contributed by atoms with Gasteiger partial charge in [-0.3, -0.25) is 9.59 Å². The third-order valence-corrected chi connectivity index (χ3v) is 4.40. The molecule has 2 amide bonds. The number of rotatable bonds is 4. The number of aromatic nitrogens is 1. The van der Waals surface area contributed by atoms with Crippen LogP contribution in [0.5, 0.6) is 0 Å². The van der Waals surface area contributed by atoms with Crippen molar-refractivity contribution in [3.8, 4) is 0 Å². The molecule has 0 radical (unpaired) electrons. The number of thiazole rings is 1. The van der Waals surface area contributed by atoms with Gasteiger partial charge in [0.25, 0.3) is 5.91 Å². The Kier molecular flexibility index (Phi) is 4.97. The average Bonchev–Trinajstić information content (AvgIpc) is 2.79. The highest BCUT2D eigenvalue weighted by atomic mass is 32.1. The molecule has 1 aromatic heterocycles. The molecular formula is C15H20N4O2S. The van der Waals surface area contributed by atoms with E-state index in [2.05, 4.69) is 15.8 Å². The molecule has 0 aliphatic heterocycles. The van der Waals surface area contributed by atoms with Crippen LogP contribution in [0.2, 0.25) is 0 Å². The SMILES string of the molecule is CC(=O)N[C@H](C(=O)N/N=c1/sc2ccccc2n1C)C(C)C. The Morgan fingerprint density at radius 1 is 1.27 bits per heavy atom. The minimum Gasteiger partial charge on any atom is -0.344 e. The molecule has 0 aliphatic rings. The maximum Gasteiger partial charge on any atom is 0.262 e. The van der Waals surface area contributed by atoms with Gasteiger partial charge in [0, 0.05) is 14.0 Å². The quantitative estimate of drug-likeness (QED) is 0.834. The van der Waals surface area contributed by atoms with Gasteiger partial charge in [0.2, 0.25) is 10.7 Å². The molecule has 0 saturated carbocycles. The molecule has 0 aliphatic carbocycles. The van der Waals surface area contributed by atoms with E-state index < -0.39 is 6.04 Å². The number of hydrogen-bond acceptors (Lipinski definition) is 4. The van der Waals surface area contributed by atoms with Crippen molar-refractivity contribution in [3.05, 3.63) is 29.1 Å². The van der Waals surface area contributed by atoms with E-state index in [1.807, 2.05) is 49.7 Å². The molecule has 7 heteroatoms. The summed E-state index contributed by atoms with van der Waals surface area (Å²) in [4.78, 5) is 24.1. The smallest absolute Gasteiger partial charge is 0.262 e. The summed E-state index contributed by atoms with van der Waals surface area (Å²) >= 11 is 1.49. The summed E-state index contributed by atoms with van der Waals surface area (Å²) in [6.45, 7) is 5.14. The zero-order valence-electron chi connectivity index (χ0n) is 13.1. The number of nitrogens with zero attached hydrogens (tertiary/aromatic N) is 2. The lowest BCUT2D eigenvalue weighted by Gasteiger charge is -2.19. The van der Waals surface area contributed by atoms with Gasteiger partial charge in [-0.1, -0.05) is 37.3 Å². The topological polar surface area (TPSA) is 75.5 Å². The molecule has 2 rings (SSSR count). The van der Waals surface area contributed by atoms with E-state index in [4.69, 9.17) is 0 Å². The monoisotopic (exact) mass is 320 g/mol. The lowest BCUT2D eigenvalue weighted by molar-refractivity contribution is -0.129. The van der Waals surface area contributed by atoms with E-state index in [9.17, 15) is 9.59 Å². The van der Waals surface area contributed by atoms with Crippen molar-refractivity contribution in [3.63, 3.8) is 0 Å². The van der Waals surface area contributed by atoms with E-state index in [-0.39, 0.29) is 17.7 Å². The van der Waals surface area contributed by atoms with Crippen LogP contribution in [-0.4, -0.2) is 22.4 Å². The molecule has 2 N–H and O–H groups in total. The van der Waals surface area contributed by atoms with Crippen LogP contribution < -0.4 is 15.5 Å². The van der Waals surface area contributed by atoms with E-state index >= 15 is 0 Å². The fourth-order valence-corrected chi connectivity index (χ4v) is 3.09. The first-order valence-corrected chi connectivity index (χ1v) is 7.87. The molecule has 0 bridgehead atoms. The number of carbonyl (C=O) groups is 2. The van der Waals surface area contributed by atoms with Crippen molar-refractivity contribution in [2.75, 3.05) is 0 Å². The average molecular weight is 320 g/mol. The third-order valence-electron chi connectivity index (χ3n) is 3.28. The van der Waals surface area contributed by atoms with Gasteiger partial charge in [0.05, 0.1) is 10.2 Å². The van der Waals surface area contributed by atoms with Crippen molar-refractivity contribution in [2.24, 2.45) is 18.1 Å². The minimum atomic E-state index is -0.596. The van der Waals surface area contributed by atoms with E-state index in [1.54, 1.807) is 0 Å². The predicted octanol–water partition coefficient (Wildman–Crippen LogP) is 1.33. The molecule has 0 unspecified atom stereocenters. The number of carbonyl (C=O) groups excluding carboxylic acids is 2. The fourth-order valence-electron chi connectivity index (χ4n) is 2.11. The van der Waals surface area contributed by atoms with Crippen molar-refractivity contribution < 1.29 is 9.59 Å². The van der Waals surface area contributed by atoms with Gasteiger partial charge < -0.3 is 9.88 Å². The number of amides is 2. The van der Waals surface area contributed by atoms with Crippen molar-refractivity contribution in [1.82, 2.24) is 15.3 Å². The highest BCUT2D eigenvalue weighted by Crippen LogP contribution is 2.14. The normalized spacial score (nSPS) is 13.4. The Hall–Kier alpha value is -2.15. The first kappa shape index (κ1) is 16.2. The largest absolute Gasteiger partial charge is 0.344 e. The van der Waals surface area contributed by atoms with Gasteiger partial charge in [-0.2, -0.15) is 0 Å². The summed E-state index contributed by atoms with van der Waals surface area (Å²) in [6.07, 6.45) is 0. The zero-order chi connectivity index (χ0) is 16.3. The fraction of sp³-hybridized carbons (Fsp3) is 0.400. The van der Waals surface area contributed by atoms with Crippen LogP contribution in [0.1, 0.15) is 20.8 Å². The van der Waals surface area contributed by atoms with Crippen LogP contribution >= 0.6 is 11.3 Å². The highest BCUT2D eigenvalue weighted by Gasteiger charge is 2.22. The summed E-state index contributed by atoms with van der Waals surface area (Å²) in [6, 6.07) is 7.34. The van der Waals surface area contributed by atoms with Crippen LogP contribution in [0.25, 0.3) is 10.2 Å². The van der Waals surface area contributed by atoms with Crippen LogP contribution in [0.3, 0.4) is 0 Å². The second-order valence-corrected chi connectivity index (χ2v) is 6.43. The maximum absolute atomic E-state index is 12.2. The van der Waals surface area contributed by atoms with Crippen molar-refractivity contribution >= 4 is 33.4 Å². The summed E-state index contributed by atoms with van der Waals surface area (Å²) in [7, 11) is 1.90. The van der Waals surface area contributed by atoms with Crippen LogP contribution in [-0.2, 0) is 16.6 Å². The first-order chi connectivity index (χ1) is 10.4. The maximum atomic E-state index is 12.2. The molecule has 22 heavy (non-hydrogen) atoms. The number of benzene rings is 1. The Morgan fingerprint density at radius 2 is 1.95 bits per heavy atom. The third kappa shape index (κ3) is 3.54. The van der Waals surface area contributed by atoms with Gasteiger partial charge in [-0.15, -0.1) is 5.10 Å². The van der Waals surface area contributed by atoms with Gasteiger partial charge in [0.15, 0.2) is 0 Å². The van der Waals surface area contributed by atoms with Crippen LogP contribution in [0.15, 0.2) is 29.4 Å². The molecule has 118 valence electrons. The lowest BCUT2D eigenvalue weighted by atomic mass is 10.0. The Labute approximate surface area is 132 Å². The standard InChI is InChI=1S/C15H20N4O2S/c1-9(2)13(16-10(3)20)14(21)17-18-15-19(4)11-7-5-6-8-12(11)22-15/h5-9,13H,1-4H3,(H,16,20)(H,17,21)/b18-15+/t13-/m0/s1. The molecule has 0 spiro atoms. The molecular weight excluding hydrogens is 300 g/mol. The summed E-state index contributed by atoms with van der Waals surface area (Å²) in [5, 5.41) is 6.83. The Balaban J connectivity index is 2.23. The second-order valence-electron chi connectivity index (χ2n) is 5.42. The van der Waals surface area contributed by atoms with Gasteiger partial charge in [-0.05, 0) is 18.1 Å². The Bertz CT molecular complexity index is 760. The van der Waals surface area contributed by atoms with Crippen LogP contribution in [0, 0.1) is 5.92 Å². The molecule has 1 heterocycles. The highest BCUT2D eigenvalue weighted by molar-refractivity contribution is 7.16. The number of aryl methyl sites for hydroxylation is 1. The van der Waals surface area contributed by atoms with Gasteiger partial charge >= 0.3 is 0 Å². The van der Waals surface area contributed by atoms with Crippen molar-refractivity contribution in [2.45, 2.75) is 26.8 Å². The molecule has 0 fully saturated rings. The molecule has 2 aromatic rings. The summed E-state index contributed by atoms with van der Waals surface area (Å²) in [5.41, 5.74) is 3.61. The number of hydrogen-bond donors (Lipinski definition) is 2. The molecule has 6 nitrogen and oxygen atoms in total. The number of nitrogens with one attached hydrogen (secondary N) is 2. The molecule has 1 aromatic carbocycles. The Morgan fingerprint density at radius 3 is 2.55 bits per heavy atom. The van der Waals surface area contributed by atoms with E-state index in [0.29, 0.717) is 4.80 Å². The minimum absolute atomic E-state index is 0.0183. The number of fused-ring (bicyclic) bond motifs is 1. The summed E-state index contributed by atoms with van der Waals surface area (Å²) in [5.74, 6) is -0.570. The van der Waals surface area contributed by atoms with Crippen molar-refractivity contribution in [1.29, 1.82) is 0 Å². The molecule has 0 saturated heterocycles. The van der Waals surface area contributed by atoms with Crippen LogP contribution in [0.4, 0.5) is 0 Å². The summed E-state index contributed by atoms with van der Waals surface area (Å²) < 4.78 is 3.02. The first-order valence-electron chi connectivity index (χ1n) is 7.05. The van der Waals surface area contributed by atoms with Gasteiger partial charge in [-0.25, -0.2) is 5.43 Å².